The Hall–Kier alpha value is -1.36. The summed E-state index contributed by atoms with van der Waals surface area (Å²) in [6.07, 6.45) is 1.13. The quantitative estimate of drug-likeness (QED) is 0.734. The van der Waals surface area contributed by atoms with E-state index in [9.17, 15) is 0 Å². The van der Waals surface area contributed by atoms with Crippen LogP contribution in [0.5, 0.6) is 11.5 Å². The van der Waals surface area contributed by atoms with E-state index in [0.29, 0.717) is 0 Å². The van der Waals surface area contributed by atoms with Crippen LogP contribution in [0, 0.1) is 0 Å². The van der Waals surface area contributed by atoms with E-state index in [0.717, 1.165) is 41.0 Å². The van der Waals surface area contributed by atoms with Gasteiger partial charge in [-0.15, -0.1) is 0 Å². The zero-order valence-corrected chi connectivity index (χ0v) is 13.7. The summed E-state index contributed by atoms with van der Waals surface area (Å²) < 4.78 is 6.84. The SMILES string of the molecule is CCCNCc1ccc(Oc2ccc(CO)cc2)cc1Br. The predicted molar refractivity (Wildman–Crippen MR) is 88.6 cm³/mol. The van der Waals surface area contributed by atoms with Crippen molar-refractivity contribution in [1.29, 1.82) is 0 Å². The zero-order valence-electron chi connectivity index (χ0n) is 12.1. The van der Waals surface area contributed by atoms with Crippen molar-refractivity contribution in [1.82, 2.24) is 5.32 Å². The van der Waals surface area contributed by atoms with Crippen LogP contribution >= 0.6 is 15.9 Å². The molecule has 0 atom stereocenters. The van der Waals surface area contributed by atoms with E-state index in [-0.39, 0.29) is 6.61 Å². The van der Waals surface area contributed by atoms with E-state index >= 15 is 0 Å². The first-order chi connectivity index (χ1) is 10.2. The second-order valence-corrected chi connectivity index (χ2v) is 5.69. The monoisotopic (exact) mass is 349 g/mol. The molecule has 21 heavy (non-hydrogen) atoms. The highest BCUT2D eigenvalue weighted by Gasteiger charge is 2.03. The number of halogens is 1. The second kappa shape index (κ2) is 8.17. The lowest BCUT2D eigenvalue weighted by molar-refractivity contribution is 0.281. The fourth-order valence-electron chi connectivity index (χ4n) is 1.93. The highest BCUT2D eigenvalue weighted by Crippen LogP contribution is 2.27. The van der Waals surface area contributed by atoms with Gasteiger partial charge in [-0.1, -0.05) is 41.1 Å². The lowest BCUT2D eigenvalue weighted by Gasteiger charge is -2.10. The Labute approximate surface area is 134 Å². The van der Waals surface area contributed by atoms with Crippen molar-refractivity contribution in [2.75, 3.05) is 6.54 Å². The van der Waals surface area contributed by atoms with Crippen LogP contribution in [0.25, 0.3) is 0 Å². The lowest BCUT2D eigenvalue weighted by atomic mass is 10.2. The van der Waals surface area contributed by atoms with Crippen LogP contribution in [0.2, 0.25) is 0 Å². The smallest absolute Gasteiger partial charge is 0.128 e. The highest BCUT2D eigenvalue weighted by atomic mass is 79.9. The summed E-state index contributed by atoms with van der Waals surface area (Å²) in [5.74, 6) is 1.55. The van der Waals surface area contributed by atoms with Crippen molar-refractivity contribution in [3.63, 3.8) is 0 Å². The maximum atomic E-state index is 9.02. The minimum absolute atomic E-state index is 0.0469. The van der Waals surface area contributed by atoms with Crippen molar-refractivity contribution in [3.05, 3.63) is 58.1 Å². The second-order valence-electron chi connectivity index (χ2n) is 4.83. The summed E-state index contributed by atoms with van der Waals surface area (Å²) >= 11 is 3.58. The number of nitrogens with one attached hydrogen (secondary N) is 1. The fraction of sp³-hybridized carbons (Fsp3) is 0.294. The zero-order chi connectivity index (χ0) is 15.1. The van der Waals surface area contributed by atoms with Gasteiger partial charge in [0.15, 0.2) is 0 Å². The minimum atomic E-state index is 0.0469. The number of aliphatic hydroxyl groups is 1. The molecule has 0 unspecified atom stereocenters. The van der Waals surface area contributed by atoms with Gasteiger partial charge in [-0.25, -0.2) is 0 Å². The molecular weight excluding hydrogens is 330 g/mol. The van der Waals surface area contributed by atoms with E-state index in [1.54, 1.807) is 0 Å². The molecule has 0 amide bonds. The van der Waals surface area contributed by atoms with Gasteiger partial charge >= 0.3 is 0 Å². The maximum Gasteiger partial charge on any atom is 0.128 e. The highest BCUT2D eigenvalue weighted by molar-refractivity contribution is 9.10. The van der Waals surface area contributed by atoms with Gasteiger partial charge in [0.05, 0.1) is 6.61 Å². The third kappa shape index (κ3) is 4.84. The van der Waals surface area contributed by atoms with E-state index in [1.165, 1.54) is 5.56 Å². The molecule has 0 aliphatic carbocycles. The molecule has 2 rings (SSSR count). The van der Waals surface area contributed by atoms with Crippen molar-refractivity contribution in [3.8, 4) is 11.5 Å². The van der Waals surface area contributed by atoms with E-state index in [4.69, 9.17) is 9.84 Å². The third-order valence-corrected chi connectivity index (χ3v) is 3.85. The first kappa shape index (κ1) is 16.0. The van der Waals surface area contributed by atoms with Crippen molar-refractivity contribution >= 4 is 15.9 Å². The molecule has 0 saturated heterocycles. The molecule has 2 N–H and O–H groups in total. The van der Waals surface area contributed by atoms with Gasteiger partial charge in [0.25, 0.3) is 0 Å². The predicted octanol–water partition coefficient (Wildman–Crippen LogP) is 4.23. The van der Waals surface area contributed by atoms with Crippen molar-refractivity contribution in [2.24, 2.45) is 0 Å². The van der Waals surface area contributed by atoms with Crippen LogP contribution in [0.1, 0.15) is 24.5 Å². The summed E-state index contributed by atoms with van der Waals surface area (Å²) in [5, 5.41) is 12.4. The van der Waals surface area contributed by atoms with Gasteiger partial charge in [-0.2, -0.15) is 0 Å². The Kier molecular flexibility index (Phi) is 6.23. The molecule has 4 heteroatoms. The van der Waals surface area contributed by atoms with Gasteiger partial charge in [0, 0.05) is 11.0 Å². The summed E-state index contributed by atoms with van der Waals surface area (Å²) in [6, 6.07) is 13.4. The molecule has 0 spiro atoms. The summed E-state index contributed by atoms with van der Waals surface area (Å²) in [6.45, 7) is 4.06. The van der Waals surface area contributed by atoms with Gasteiger partial charge in [-0.05, 0) is 48.4 Å². The number of hydrogen-bond donors (Lipinski definition) is 2. The number of rotatable bonds is 7. The van der Waals surface area contributed by atoms with E-state index in [1.807, 2.05) is 36.4 Å². The van der Waals surface area contributed by atoms with E-state index in [2.05, 4.69) is 34.2 Å². The van der Waals surface area contributed by atoms with Crippen LogP contribution in [-0.2, 0) is 13.2 Å². The van der Waals surface area contributed by atoms with E-state index < -0.39 is 0 Å². The topological polar surface area (TPSA) is 41.5 Å². The van der Waals surface area contributed by atoms with Crippen molar-refractivity contribution < 1.29 is 9.84 Å². The number of hydrogen-bond acceptors (Lipinski definition) is 3. The van der Waals surface area contributed by atoms with Gasteiger partial charge in [0.1, 0.15) is 11.5 Å². The molecule has 0 aliphatic heterocycles. The normalized spacial score (nSPS) is 10.6. The fourth-order valence-corrected chi connectivity index (χ4v) is 2.43. The van der Waals surface area contributed by atoms with Gasteiger partial charge in [0.2, 0.25) is 0 Å². The molecule has 0 bridgehead atoms. The summed E-state index contributed by atoms with van der Waals surface area (Å²) in [4.78, 5) is 0. The van der Waals surface area contributed by atoms with Crippen LogP contribution in [0.3, 0.4) is 0 Å². The molecule has 0 saturated carbocycles. The maximum absolute atomic E-state index is 9.02. The number of benzene rings is 2. The third-order valence-electron chi connectivity index (χ3n) is 3.11. The molecule has 0 heterocycles. The minimum Gasteiger partial charge on any atom is -0.457 e. The largest absolute Gasteiger partial charge is 0.457 e. The molecule has 0 fully saturated rings. The van der Waals surface area contributed by atoms with Gasteiger partial charge < -0.3 is 15.2 Å². The first-order valence-corrected chi connectivity index (χ1v) is 7.89. The Bertz CT molecular complexity index is 570. The number of ether oxygens (including phenoxy) is 1. The molecule has 0 aromatic heterocycles. The average molecular weight is 350 g/mol. The van der Waals surface area contributed by atoms with Gasteiger partial charge in [-0.3, -0.25) is 0 Å². The van der Waals surface area contributed by atoms with Crippen LogP contribution in [0.4, 0.5) is 0 Å². The first-order valence-electron chi connectivity index (χ1n) is 7.09. The molecule has 2 aromatic rings. The standard InChI is InChI=1S/C17H20BrNO2/c1-2-9-19-11-14-5-8-16(10-17(14)18)21-15-6-3-13(12-20)4-7-15/h3-8,10,19-20H,2,9,11-12H2,1H3. The average Bonchev–Trinajstić information content (AvgIpc) is 2.50. The molecule has 0 radical (unpaired) electrons. The van der Waals surface area contributed by atoms with Crippen LogP contribution in [0.15, 0.2) is 46.9 Å². The Morgan fingerprint density at radius 1 is 1.10 bits per heavy atom. The van der Waals surface area contributed by atoms with Crippen molar-refractivity contribution in [2.45, 2.75) is 26.5 Å². The Balaban J connectivity index is 2.01. The summed E-state index contributed by atoms with van der Waals surface area (Å²) in [5.41, 5.74) is 2.09. The van der Waals surface area contributed by atoms with Crippen LogP contribution in [-0.4, -0.2) is 11.7 Å². The molecule has 0 aliphatic rings. The molecule has 3 nitrogen and oxygen atoms in total. The summed E-state index contributed by atoms with van der Waals surface area (Å²) in [7, 11) is 0. The molecule has 112 valence electrons. The molecular formula is C17H20BrNO2. The Morgan fingerprint density at radius 2 is 1.81 bits per heavy atom. The number of aliphatic hydroxyl groups excluding tert-OH is 1. The van der Waals surface area contributed by atoms with Crippen LogP contribution < -0.4 is 10.1 Å². The lowest BCUT2D eigenvalue weighted by Crippen LogP contribution is -2.14. The Morgan fingerprint density at radius 3 is 2.43 bits per heavy atom. The molecule has 2 aromatic carbocycles.